The van der Waals surface area contributed by atoms with E-state index in [1.54, 1.807) is 57.3 Å². The van der Waals surface area contributed by atoms with E-state index >= 15 is 0 Å². The quantitative estimate of drug-likeness (QED) is 0.276. The Balaban J connectivity index is 1.82. The number of aromatic nitrogens is 1. The topological polar surface area (TPSA) is 122 Å². The zero-order valence-electron chi connectivity index (χ0n) is 18.8. The maximum absolute atomic E-state index is 11.9. The minimum atomic E-state index is -0.604. The highest BCUT2D eigenvalue weighted by Gasteiger charge is 2.20. The largest absolute Gasteiger partial charge is 0.484 e. The molecule has 1 heterocycles. The summed E-state index contributed by atoms with van der Waals surface area (Å²) in [5.74, 6) is 0.964. The molecule has 0 fully saturated rings. The van der Waals surface area contributed by atoms with Crippen molar-refractivity contribution in [3.63, 3.8) is 0 Å². The Bertz CT molecular complexity index is 1140. The molecule has 1 amide bonds. The molecule has 10 nitrogen and oxygen atoms in total. The van der Waals surface area contributed by atoms with Crippen molar-refractivity contribution in [2.24, 2.45) is 0 Å². The summed E-state index contributed by atoms with van der Waals surface area (Å²) in [7, 11) is 1.52. The number of nitrogens with one attached hydrogen (secondary N) is 1. The Labute approximate surface area is 190 Å². The molecule has 0 bridgehead atoms. The van der Waals surface area contributed by atoms with Crippen LogP contribution >= 0.6 is 0 Å². The summed E-state index contributed by atoms with van der Waals surface area (Å²) >= 11 is 0. The average Bonchev–Trinajstić information content (AvgIpc) is 2.73. The predicted molar refractivity (Wildman–Crippen MR) is 122 cm³/mol. The third kappa shape index (κ3) is 6.53. The van der Waals surface area contributed by atoms with E-state index in [-0.39, 0.29) is 18.0 Å². The highest BCUT2D eigenvalue weighted by molar-refractivity contribution is 5.89. The number of pyridine rings is 1. The Hall–Kier alpha value is -3.92. The number of ether oxygens (including phenoxy) is 4. The van der Waals surface area contributed by atoms with Gasteiger partial charge in [-0.25, -0.2) is 4.79 Å². The predicted octanol–water partition coefficient (Wildman–Crippen LogP) is 5.31. The Morgan fingerprint density at radius 3 is 2.45 bits per heavy atom. The van der Waals surface area contributed by atoms with Gasteiger partial charge in [-0.05, 0) is 51.1 Å². The first-order chi connectivity index (χ1) is 15.7. The molecule has 1 N–H and O–H groups in total. The smallest absolute Gasteiger partial charge is 0.412 e. The second-order valence-electron chi connectivity index (χ2n) is 8.00. The molecule has 0 spiro atoms. The number of methoxy groups -OCH3 is 1. The van der Waals surface area contributed by atoms with Crippen LogP contribution in [0.1, 0.15) is 20.8 Å². The van der Waals surface area contributed by atoms with E-state index in [0.29, 0.717) is 34.7 Å². The van der Waals surface area contributed by atoms with Gasteiger partial charge in [0.1, 0.15) is 23.7 Å². The van der Waals surface area contributed by atoms with E-state index in [2.05, 4.69) is 10.3 Å². The third-order valence-electron chi connectivity index (χ3n) is 4.25. The van der Waals surface area contributed by atoms with Gasteiger partial charge >= 0.3 is 11.8 Å². The van der Waals surface area contributed by atoms with Crippen molar-refractivity contribution in [3.8, 4) is 17.2 Å². The van der Waals surface area contributed by atoms with Gasteiger partial charge in [0.05, 0.1) is 22.4 Å². The number of hydrogen-bond acceptors (Lipinski definition) is 8. The summed E-state index contributed by atoms with van der Waals surface area (Å²) in [4.78, 5) is 27.2. The molecule has 0 saturated heterocycles. The van der Waals surface area contributed by atoms with Gasteiger partial charge in [0.15, 0.2) is 5.75 Å². The van der Waals surface area contributed by atoms with Crippen molar-refractivity contribution < 1.29 is 28.7 Å². The molecule has 0 aliphatic heterocycles. The third-order valence-corrected chi connectivity index (χ3v) is 4.25. The van der Waals surface area contributed by atoms with E-state index in [1.165, 1.54) is 19.2 Å². The molecule has 0 saturated carbocycles. The van der Waals surface area contributed by atoms with Crippen LogP contribution in [-0.2, 0) is 9.47 Å². The molecule has 3 aromatic rings. The number of benzene rings is 2. The second-order valence-corrected chi connectivity index (χ2v) is 8.00. The summed E-state index contributed by atoms with van der Waals surface area (Å²) in [5.41, 5.74) is 0.207. The molecule has 10 heteroatoms. The second kappa shape index (κ2) is 10.1. The monoisotopic (exact) mass is 455 g/mol. The molecule has 0 atom stereocenters. The first kappa shape index (κ1) is 23.7. The lowest BCUT2D eigenvalue weighted by molar-refractivity contribution is -0.385. The average molecular weight is 455 g/mol. The Morgan fingerprint density at radius 1 is 1.09 bits per heavy atom. The number of carbonyl (C=O) groups is 1. The van der Waals surface area contributed by atoms with Gasteiger partial charge in [-0.15, -0.1) is 0 Å². The molecule has 0 aliphatic rings. The summed E-state index contributed by atoms with van der Waals surface area (Å²) in [6, 6.07) is 11.1. The van der Waals surface area contributed by atoms with Crippen LogP contribution < -0.4 is 14.8 Å². The summed E-state index contributed by atoms with van der Waals surface area (Å²) in [6.45, 7) is 5.80. The minimum absolute atomic E-state index is 0.103. The SMILES string of the molecule is COCCOc1cc2nccc(Oc3ccc(NC(=O)OC(C)(C)C)cc3)c2cc1[N+](=O)[O-]. The standard InChI is InChI=1S/C23H25N3O7/c1-23(2,3)33-22(27)25-15-5-7-16(8-6-15)32-20-9-10-24-18-14-21(31-12-11-30-4)19(26(28)29)13-17(18)20/h5-10,13-14H,11-12H2,1-4H3,(H,25,27). The minimum Gasteiger partial charge on any atom is -0.484 e. The number of fused-ring (bicyclic) bond motifs is 1. The van der Waals surface area contributed by atoms with Gasteiger partial charge < -0.3 is 18.9 Å². The Morgan fingerprint density at radius 2 is 1.82 bits per heavy atom. The van der Waals surface area contributed by atoms with Crippen LogP contribution in [-0.4, -0.2) is 41.9 Å². The lowest BCUT2D eigenvalue weighted by Gasteiger charge is -2.19. The number of nitrogens with zero attached hydrogens (tertiary/aromatic N) is 2. The van der Waals surface area contributed by atoms with Crippen molar-refractivity contribution in [1.82, 2.24) is 4.98 Å². The van der Waals surface area contributed by atoms with Crippen molar-refractivity contribution in [2.45, 2.75) is 26.4 Å². The van der Waals surface area contributed by atoms with Crippen LogP contribution in [0.15, 0.2) is 48.7 Å². The maximum atomic E-state index is 11.9. The number of hydrogen-bond donors (Lipinski definition) is 1. The van der Waals surface area contributed by atoms with E-state index in [1.807, 2.05) is 0 Å². The fourth-order valence-corrected chi connectivity index (χ4v) is 2.87. The maximum Gasteiger partial charge on any atom is 0.412 e. The van der Waals surface area contributed by atoms with Crippen molar-refractivity contribution >= 4 is 28.4 Å². The molecule has 3 rings (SSSR count). The zero-order chi connectivity index (χ0) is 24.0. The van der Waals surface area contributed by atoms with Crippen molar-refractivity contribution in [2.75, 3.05) is 25.6 Å². The number of nitro benzene ring substituents is 1. The first-order valence-electron chi connectivity index (χ1n) is 10.1. The van der Waals surface area contributed by atoms with Gasteiger partial charge in [0.25, 0.3) is 0 Å². The van der Waals surface area contributed by atoms with Crippen LogP contribution in [0, 0.1) is 10.1 Å². The lowest BCUT2D eigenvalue weighted by Crippen LogP contribution is -2.27. The van der Waals surface area contributed by atoms with Crippen LogP contribution in [0.5, 0.6) is 17.2 Å². The van der Waals surface area contributed by atoms with E-state index in [0.717, 1.165) is 0 Å². The number of amides is 1. The number of carbonyl (C=O) groups excluding carboxylic acids is 1. The summed E-state index contributed by atoms with van der Waals surface area (Å²) < 4.78 is 21.6. The molecule has 0 radical (unpaired) electrons. The van der Waals surface area contributed by atoms with Gasteiger partial charge in [-0.3, -0.25) is 20.4 Å². The van der Waals surface area contributed by atoms with Gasteiger partial charge in [-0.2, -0.15) is 0 Å². The zero-order valence-corrected chi connectivity index (χ0v) is 18.8. The summed E-state index contributed by atoms with van der Waals surface area (Å²) in [6.07, 6.45) is 0.980. The van der Waals surface area contributed by atoms with Crippen LogP contribution in [0.2, 0.25) is 0 Å². The molecule has 1 aromatic heterocycles. The van der Waals surface area contributed by atoms with Crippen LogP contribution in [0.3, 0.4) is 0 Å². The fraction of sp³-hybridized carbons (Fsp3) is 0.304. The van der Waals surface area contributed by atoms with E-state index < -0.39 is 16.6 Å². The fourth-order valence-electron chi connectivity index (χ4n) is 2.87. The number of rotatable bonds is 8. The molecule has 174 valence electrons. The molecule has 33 heavy (non-hydrogen) atoms. The highest BCUT2D eigenvalue weighted by Crippen LogP contribution is 2.37. The highest BCUT2D eigenvalue weighted by atomic mass is 16.6. The van der Waals surface area contributed by atoms with E-state index in [4.69, 9.17) is 18.9 Å². The van der Waals surface area contributed by atoms with Crippen molar-refractivity contribution in [3.05, 3.63) is 58.8 Å². The van der Waals surface area contributed by atoms with Gasteiger partial charge in [-0.1, -0.05) is 0 Å². The van der Waals surface area contributed by atoms with Crippen molar-refractivity contribution in [1.29, 1.82) is 0 Å². The Kier molecular flexibility index (Phi) is 7.29. The summed E-state index contributed by atoms with van der Waals surface area (Å²) in [5, 5.41) is 14.7. The molecular formula is C23H25N3O7. The molecule has 2 aromatic carbocycles. The van der Waals surface area contributed by atoms with Crippen LogP contribution in [0.25, 0.3) is 10.9 Å². The number of nitro groups is 1. The van der Waals surface area contributed by atoms with Gasteiger partial charge in [0.2, 0.25) is 0 Å². The van der Waals surface area contributed by atoms with Crippen LogP contribution in [0.4, 0.5) is 16.2 Å². The first-order valence-corrected chi connectivity index (χ1v) is 10.1. The number of anilines is 1. The van der Waals surface area contributed by atoms with Gasteiger partial charge in [0, 0.05) is 31.1 Å². The molecule has 0 aliphatic carbocycles. The normalized spacial score (nSPS) is 11.2. The van der Waals surface area contributed by atoms with E-state index in [9.17, 15) is 14.9 Å². The molecular weight excluding hydrogens is 430 g/mol. The molecule has 0 unspecified atom stereocenters. The lowest BCUT2D eigenvalue weighted by atomic mass is 10.1.